The largest absolute Gasteiger partial charge is 0.495 e. The van der Waals surface area contributed by atoms with E-state index < -0.39 is 10.0 Å². The summed E-state index contributed by atoms with van der Waals surface area (Å²) in [6.07, 6.45) is 1.60. The minimum atomic E-state index is -3.88. The number of sulfonamides is 1. The van der Waals surface area contributed by atoms with Crippen molar-refractivity contribution in [2.45, 2.75) is 18.7 Å². The maximum Gasteiger partial charge on any atom is 0.285 e. The average molecular weight is 431 g/mol. The Morgan fingerprint density at radius 3 is 2.72 bits per heavy atom. The van der Waals surface area contributed by atoms with E-state index in [1.165, 1.54) is 13.2 Å². The third-order valence-electron chi connectivity index (χ3n) is 4.14. The standard InChI is InChI=1S/C20H19ClN4O3S/c1-13(2)12-25(23-11-15-5-7-17(21)18(8-15)28-3)20-16-6-4-14(10-22)9-19(16)29(26,27)24-20/h4-9,11,13H,12H2,1-3H3/b23-11+. The van der Waals surface area contributed by atoms with Crippen LogP contribution in [0.1, 0.15) is 30.5 Å². The van der Waals surface area contributed by atoms with Gasteiger partial charge in [0.2, 0.25) is 0 Å². The molecule has 0 N–H and O–H groups in total. The summed E-state index contributed by atoms with van der Waals surface area (Å²) in [5.74, 6) is 0.941. The summed E-state index contributed by atoms with van der Waals surface area (Å²) >= 11 is 6.06. The van der Waals surface area contributed by atoms with Crippen molar-refractivity contribution < 1.29 is 13.2 Å². The Balaban J connectivity index is 2.02. The van der Waals surface area contributed by atoms with Gasteiger partial charge in [0.25, 0.3) is 10.0 Å². The second-order valence-electron chi connectivity index (χ2n) is 6.83. The number of hydrogen-bond acceptors (Lipinski definition) is 6. The SMILES string of the molecule is COc1cc(/C=N/N(CC(C)C)C2=NS(=O)(=O)c3cc(C#N)ccc32)ccc1Cl. The second kappa shape index (κ2) is 8.23. The van der Waals surface area contributed by atoms with Crippen molar-refractivity contribution in [2.75, 3.05) is 13.7 Å². The van der Waals surface area contributed by atoms with Gasteiger partial charge in [0.1, 0.15) is 10.6 Å². The van der Waals surface area contributed by atoms with Crippen LogP contribution in [0.5, 0.6) is 5.75 Å². The molecule has 29 heavy (non-hydrogen) atoms. The maximum absolute atomic E-state index is 12.5. The first-order chi connectivity index (χ1) is 13.7. The Hall–Kier alpha value is -2.89. The van der Waals surface area contributed by atoms with E-state index in [1.54, 1.807) is 41.6 Å². The molecule has 150 valence electrons. The molecule has 2 aromatic carbocycles. The molecular formula is C20H19ClN4O3S. The van der Waals surface area contributed by atoms with E-state index in [9.17, 15) is 8.42 Å². The Morgan fingerprint density at radius 1 is 1.31 bits per heavy atom. The molecule has 0 saturated heterocycles. The van der Waals surface area contributed by atoms with Crippen LogP contribution in [0.4, 0.5) is 0 Å². The van der Waals surface area contributed by atoms with Crippen LogP contribution in [0.15, 0.2) is 50.8 Å². The lowest BCUT2D eigenvalue weighted by molar-refractivity contribution is 0.385. The average Bonchev–Trinajstić information content (AvgIpc) is 2.96. The molecule has 0 atom stereocenters. The van der Waals surface area contributed by atoms with Crippen molar-refractivity contribution in [3.8, 4) is 11.8 Å². The number of methoxy groups -OCH3 is 1. The predicted octanol–water partition coefficient (Wildman–Crippen LogP) is 3.66. The highest BCUT2D eigenvalue weighted by atomic mass is 35.5. The Labute approximate surface area is 174 Å². The molecule has 7 nitrogen and oxygen atoms in total. The van der Waals surface area contributed by atoms with Gasteiger partial charge in [-0.05, 0) is 41.8 Å². The van der Waals surface area contributed by atoms with Crippen molar-refractivity contribution in [1.29, 1.82) is 5.26 Å². The summed E-state index contributed by atoms with van der Waals surface area (Å²) in [5.41, 5.74) is 1.42. The Kier molecular flexibility index (Phi) is 5.91. The zero-order chi connectivity index (χ0) is 21.2. The molecule has 0 spiro atoms. The van der Waals surface area contributed by atoms with Gasteiger partial charge in [0.05, 0.1) is 30.0 Å². The molecule has 0 aliphatic carbocycles. The number of nitriles is 1. The van der Waals surface area contributed by atoms with E-state index in [0.29, 0.717) is 22.9 Å². The van der Waals surface area contributed by atoms with Gasteiger partial charge in [-0.3, -0.25) is 0 Å². The zero-order valence-electron chi connectivity index (χ0n) is 16.1. The molecule has 3 rings (SSSR count). The van der Waals surface area contributed by atoms with E-state index in [1.807, 2.05) is 19.9 Å². The molecule has 0 aromatic heterocycles. The summed E-state index contributed by atoms with van der Waals surface area (Å²) in [6, 6.07) is 11.7. The molecule has 0 amide bonds. The molecule has 1 aliphatic heterocycles. The van der Waals surface area contributed by atoms with Crippen LogP contribution in [0.25, 0.3) is 0 Å². The number of ether oxygens (including phenoxy) is 1. The van der Waals surface area contributed by atoms with Crippen LogP contribution in [0.3, 0.4) is 0 Å². The molecular weight excluding hydrogens is 412 g/mol. The number of rotatable bonds is 5. The first kappa shape index (κ1) is 20.8. The lowest BCUT2D eigenvalue weighted by atomic mass is 10.1. The highest BCUT2D eigenvalue weighted by molar-refractivity contribution is 7.90. The molecule has 0 bridgehead atoms. The maximum atomic E-state index is 12.5. The van der Waals surface area contributed by atoms with Gasteiger partial charge >= 0.3 is 0 Å². The normalized spacial score (nSPS) is 14.6. The third kappa shape index (κ3) is 4.42. The van der Waals surface area contributed by atoms with Crippen LogP contribution in [-0.2, 0) is 10.0 Å². The third-order valence-corrected chi connectivity index (χ3v) is 5.76. The van der Waals surface area contributed by atoms with Gasteiger partial charge in [-0.2, -0.15) is 18.8 Å². The number of nitrogens with zero attached hydrogens (tertiary/aromatic N) is 4. The number of fused-ring (bicyclic) bond motifs is 1. The monoisotopic (exact) mass is 430 g/mol. The number of halogens is 1. The summed E-state index contributed by atoms with van der Waals surface area (Å²) in [7, 11) is -2.36. The lowest BCUT2D eigenvalue weighted by Crippen LogP contribution is -2.29. The quantitative estimate of drug-likeness (QED) is 0.532. The van der Waals surface area contributed by atoms with Gasteiger partial charge in [-0.25, -0.2) is 5.01 Å². The summed E-state index contributed by atoms with van der Waals surface area (Å²) in [4.78, 5) is 0.0173. The zero-order valence-corrected chi connectivity index (χ0v) is 17.7. The minimum Gasteiger partial charge on any atom is -0.495 e. The van der Waals surface area contributed by atoms with Gasteiger partial charge in [-0.15, -0.1) is 4.40 Å². The van der Waals surface area contributed by atoms with Crippen LogP contribution in [0, 0.1) is 17.2 Å². The first-order valence-corrected chi connectivity index (χ1v) is 10.6. The number of hydrogen-bond donors (Lipinski definition) is 0. The first-order valence-electron chi connectivity index (χ1n) is 8.79. The van der Waals surface area contributed by atoms with E-state index in [2.05, 4.69) is 9.50 Å². The molecule has 2 aromatic rings. The Morgan fingerprint density at radius 2 is 2.07 bits per heavy atom. The molecule has 0 unspecified atom stereocenters. The van der Waals surface area contributed by atoms with Gasteiger partial charge in [0.15, 0.2) is 5.84 Å². The number of benzene rings is 2. The summed E-state index contributed by atoms with van der Waals surface area (Å²) < 4.78 is 34.2. The molecule has 0 fully saturated rings. The van der Waals surface area contributed by atoms with Gasteiger partial charge in [-0.1, -0.05) is 31.5 Å². The van der Waals surface area contributed by atoms with E-state index in [-0.39, 0.29) is 22.2 Å². The molecule has 9 heteroatoms. The van der Waals surface area contributed by atoms with Crippen molar-refractivity contribution >= 4 is 33.7 Å². The topological polar surface area (TPSA) is 95.1 Å². The van der Waals surface area contributed by atoms with E-state index in [0.717, 1.165) is 5.56 Å². The molecule has 1 aliphatic rings. The summed E-state index contributed by atoms with van der Waals surface area (Å²) in [6.45, 7) is 4.45. The number of amidine groups is 1. The Bertz CT molecular complexity index is 1150. The molecule has 0 saturated carbocycles. The highest BCUT2D eigenvalue weighted by Gasteiger charge is 2.32. The smallest absolute Gasteiger partial charge is 0.285 e. The second-order valence-corrected chi connectivity index (χ2v) is 8.81. The summed E-state index contributed by atoms with van der Waals surface area (Å²) in [5, 5.41) is 15.6. The lowest BCUT2D eigenvalue weighted by Gasteiger charge is -2.21. The van der Waals surface area contributed by atoms with Gasteiger partial charge in [0, 0.05) is 12.1 Å². The van der Waals surface area contributed by atoms with Crippen LogP contribution >= 0.6 is 11.6 Å². The fourth-order valence-electron chi connectivity index (χ4n) is 2.82. The fraction of sp³-hybridized carbons (Fsp3) is 0.250. The van der Waals surface area contributed by atoms with E-state index in [4.69, 9.17) is 21.6 Å². The van der Waals surface area contributed by atoms with Crippen molar-refractivity contribution in [3.05, 3.63) is 58.1 Å². The van der Waals surface area contributed by atoms with Crippen LogP contribution in [0.2, 0.25) is 5.02 Å². The molecule has 0 radical (unpaired) electrons. The van der Waals surface area contributed by atoms with Crippen LogP contribution < -0.4 is 4.74 Å². The number of hydrazone groups is 1. The fourth-order valence-corrected chi connectivity index (χ4v) is 4.24. The van der Waals surface area contributed by atoms with Gasteiger partial charge < -0.3 is 4.74 Å². The van der Waals surface area contributed by atoms with Crippen molar-refractivity contribution in [1.82, 2.24) is 5.01 Å². The van der Waals surface area contributed by atoms with E-state index >= 15 is 0 Å². The van der Waals surface area contributed by atoms with Crippen LogP contribution in [-0.4, -0.2) is 39.1 Å². The predicted molar refractivity (Wildman–Crippen MR) is 112 cm³/mol. The molecule has 1 heterocycles. The van der Waals surface area contributed by atoms with Crippen molar-refractivity contribution in [3.63, 3.8) is 0 Å². The van der Waals surface area contributed by atoms with Crippen molar-refractivity contribution in [2.24, 2.45) is 15.4 Å². The highest BCUT2D eigenvalue weighted by Crippen LogP contribution is 2.29. The minimum absolute atomic E-state index is 0.0173.